The summed E-state index contributed by atoms with van der Waals surface area (Å²) in [4.78, 5) is 10.4. The van der Waals surface area contributed by atoms with Gasteiger partial charge in [-0.1, -0.05) is 23.4 Å². The first-order valence-corrected chi connectivity index (χ1v) is 9.98. The highest BCUT2D eigenvalue weighted by atomic mass is 32.1. The van der Waals surface area contributed by atoms with Crippen molar-refractivity contribution in [1.82, 2.24) is 15.1 Å². The summed E-state index contributed by atoms with van der Waals surface area (Å²) in [6, 6.07) is 10.3. The van der Waals surface area contributed by atoms with Crippen molar-refractivity contribution < 1.29 is 4.52 Å². The summed E-state index contributed by atoms with van der Waals surface area (Å²) in [5, 5.41) is 9.60. The molecule has 0 spiro atoms. The zero-order valence-electron chi connectivity index (χ0n) is 13.6. The van der Waals surface area contributed by atoms with E-state index in [0.717, 1.165) is 27.3 Å². The van der Waals surface area contributed by atoms with Crippen LogP contribution in [0.1, 0.15) is 29.3 Å². The van der Waals surface area contributed by atoms with Gasteiger partial charge in [0.05, 0.1) is 15.6 Å². The summed E-state index contributed by atoms with van der Waals surface area (Å²) in [6.45, 7) is 2.05. The zero-order valence-corrected chi connectivity index (χ0v) is 15.2. The Bertz CT molecular complexity index is 1040. The second-order valence-corrected chi connectivity index (χ2v) is 8.09. The average Bonchev–Trinajstić information content (AvgIpc) is 3.05. The second kappa shape index (κ2) is 5.89. The molecule has 124 valence electrons. The van der Waals surface area contributed by atoms with Gasteiger partial charge in [0, 0.05) is 22.4 Å². The topological polar surface area (TPSA) is 51.8 Å². The van der Waals surface area contributed by atoms with E-state index in [4.69, 9.17) is 9.51 Å². The largest absolute Gasteiger partial charge is 0.333 e. The minimum absolute atomic E-state index is 0.581. The first-order valence-electron chi connectivity index (χ1n) is 8.22. The van der Waals surface area contributed by atoms with E-state index >= 15 is 0 Å². The number of thiophene rings is 1. The lowest BCUT2D eigenvalue weighted by Gasteiger charge is -1.99. The lowest BCUT2D eigenvalue weighted by atomic mass is 10.1. The molecule has 4 aromatic rings. The van der Waals surface area contributed by atoms with Crippen molar-refractivity contribution in [3.05, 3.63) is 51.7 Å². The Balaban J connectivity index is 1.48. The minimum atomic E-state index is 0.581. The molecule has 0 saturated heterocycles. The maximum Gasteiger partial charge on any atom is 0.268 e. The molecule has 1 aliphatic rings. The lowest BCUT2D eigenvalue weighted by Crippen LogP contribution is -1.84. The van der Waals surface area contributed by atoms with Crippen LogP contribution < -0.4 is 0 Å². The first kappa shape index (κ1) is 15.0. The molecule has 0 aliphatic heterocycles. The summed E-state index contributed by atoms with van der Waals surface area (Å²) >= 11 is 3.38. The van der Waals surface area contributed by atoms with Crippen molar-refractivity contribution in [3.8, 4) is 33.4 Å². The monoisotopic (exact) mass is 365 g/mol. The van der Waals surface area contributed by atoms with Crippen LogP contribution in [0, 0.1) is 6.92 Å². The van der Waals surface area contributed by atoms with Gasteiger partial charge < -0.3 is 4.52 Å². The molecule has 0 N–H and O–H groups in total. The molecule has 4 nitrogen and oxygen atoms in total. The van der Waals surface area contributed by atoms with E-state index in [0.29, 0.717) is 17.6 Å². The van der Waals surface area contributed by atoms with E-state index in [2.05, 4.69) is 40.6 Å². The van der Waals surface area contributed by atoms with Gasteiger partial charge in [0.2, 0.25) is 5.82 Å². The van der Waals surface area contributed by atoms with E-state index < -0.39 is 0 Å². The molecule has 1 aliphatic carbocycles. The summed E-state index contributed by atoms with van der Waals surface area (Å²) in [5.41, 5.74) is 4.23. The Kier molecular flexibility index (Phi) is 3.53. The van der Waals surface area contributed by atoms with Crippen LogP contribution >= 0.6 is 22.7 Å². The highest BCUT2D eigenvalue weighted by molar-refractivity contribution is 7.13. The normalized spacial score (nSPS) is 14.1. The molecule has 1 fully saturated rings. The van der Waals surface area contributed by atoms with Crippen molar-refractivity contribution in [1.29, 1.82) is 0 Å². The number of aryl methyl sites for hydroxylation is 1. The number of rotatable bonds is 4. The minimum Gasteiger partial charge on any atom is -0.333 e. The molecule has 3 aromatic heterocycles. The van der Waals surface area contributed by atoms with E-state index in [9.17, 15) is 0 Å². The van der Waals surface area contributed by atoms with E-state index in [1.54, 1.807) is 22.7 Å². The molecule has 0 unspecified atom stereocenters. The van der Waals surface area contributed by atoms with Crippen LogP contribution in [-0.4, -0.2) is 15.1 Å². The van der Waals surface area contributed by atoms with Crippen molar-refractivity contribution in [2.24, 2.45) is 0 Å². The van der Waals surface area contributed by atoms with Crippen LogP contribution in [0.15, 0.2) is 45.6 Å². The summed E-state index contributed by atoms with van der Waals surface area (Å²) in [7, 11) is 0. The molecule has 25 heavy (non-hydrogen) atoms. The highest BCUT2D eigenvalue weighted by Crippen LogP contribution is 2.42. The standard InChI is InChI=1S/C19H15N3OS2/c1-11-7-8-24-16(11)18-21-17(22-23-18)14-4-2-3-13(9-14)15-10-25-19(20-15)12-5-6-12/h2-4,7-10,12H,5-6H2,1H3. The van der Waals surface area contributed by atoms with Crippen LogP contribution in [0.5, 0.6) is 0 Å². The van der Waals surface area contributed by atoms with Crippen LogP contribution in [0.2, 0.25) is 0 Å². The molecule has 0 radical (unpaired) electrons. The molecule has 3 heterocycles. The van der Waals surface area contributed by atoms with Crippen molar-refractivity contribution in [3.63, 3.8) is 0 Å². The smallest absolute Gasteiger partial charge is 0.268 e. The Labute approximate surface area is 153 Å². The van der Waals surface area contributed by atoms with Gasteiger partial charge in [-0.2, -0.15) is 4.98 Å². The van der Waals surface area contributed by atoms with E-state index in [1.807, 2.05) is 17.5 Å². The van der Waals surface area contributed by atoms with Crippen LogP contribution in [0.25, 0.3) is 33.4 Å². The number of aromatic nitrogens is 3. The van der Waals surface area contributed by atoms with Crippen LogP contribution in [0.4, 0.5) is 0 Å². The van der Waals surface area contributed by atoms with Crippen LogP contribution in [0.3, 0.4) is 0 Å². The maximum absolute atomic E-state index is 5.47. The Morgan fingerprint density at radius 2 is 1.96 bits per heavy atom. The van der Waals surface area contributed by atoms with Crippen LogP contribution in [-0.2, 0) is 0 Å². The van der Waals surface area contributed by atoms with Gasteiger partial charge in [-0.15, -0.1) is 22.7 Å². The summed E-state index contributed by atoms with van der Waals surface area (Å²) in [6.07, 6.45) is 2.56. The SMILES string of the molecule is Cc1ccsc1-c1nc(-c2cccc(-c3csc(C4CC4)n3)c2)no1. The molecule has 5 rings (SSSR count). The van der Waals surface area contributed by atoms with Gasteiger partial charge >= 0.3 is 0 Å². The van der Waals surface area contributed by atoms with Gasteiger partial charge in [0.25, 0.3) is 5.89 Å². The Hall–Kier alpha value is -2.31. The van der Waals surface area contributed by atoms with Gasteiger partial charge in [-0.3, -0.25) is 0 Å². The lowest BCUT2D eigenvalue weighted by molar-refractivity contribution is 0.433. The summed E-state index contributed by atoms with van der Waals surface area (Å²) < 4.78 is 5.47. The van der Waals surface area contributed by atoms with Crippen molar-refractivity contribution in [2.75, 3.05) is 0 Å². The summed E-state index contributed by atoms with van der Waals surface area (Å²) in [5.74, 6) is 1.88. The molecule has 1 saturated carbocycles. The number of nitrogens with zero attached hydrogens (tertiary/aromatic N) is 3. The van der Waals surface area contributed by atoms with E-state index in [1.165, 1.54) is 17.8 Å². The highest BCUT2D eigenvalue weighted by Gasteiger charge is 2.26. The molecule has 0 amide bonds. The third-order valence-corrected chi connectivity index (χ3v) is 6.36. The number of thiazole rings is 1. The third-order valence-electron chi connectivity index (χ3n) is 4.35. The predicted octanol–water partition coefficient (Wildman–Crippen LogP) is 5.77. The van der Waals surface area contributed by atoms with Gasteiger partial charge in [0.1, 0.15) is 0 Å². The molecule has 0 atom stereocenters. The molecule has 6 heteroatoms. The Morgan fingerprint density at radius 3 is 2.76 bits per heavy atom. The quantitative estimate of drug-likeness (QED) is 0.460. The zero-order chi connectivity index (χ0) is 16.8. The fourth-order valence-corrected chi connectivity index (χ4v) is 4.63. The number of hydrogen-bond donors (Lipinski definition) is 0. The Morgan fingerprint density at radius 1 is 1.08 bits per heavy atom. The maximum atomic E-state index is 5.47. The van der Waals surface area contributed by atoms with Gasteiger partial charge in [-0.25, -0.2) is 4.98 Å². The van der Waals surface area contributed by atoms with Crippen molar-refractivity contribution in [2.45, 2.75) is 25.7 Å². The molecular weight excluding hydrogens is 350 g/mol. The molecular formula is C19H15N3OS2. The van der Waals surface area contributed by atoms with E-state index in [-0.39, 0.29) is 0 Å². The fourth-order valence-electron chi connectivity index (χ4n) is 2.78. The molecule has 1 aromatic carbocycles. The third kappa shape index (κ3) is 2.81. The van der Waals surface area contributed by atoms with Gasteiger partial charge in [-0.05, 0) is 42.8 Å². The number of benzene rings is 1. The fraction of sp³-hybridized carbons (Fsp3) is 0.211. The number of hydrogen-bond acceptors (Lipinski definition) is 6. The predicted molar refractivity (Wildman–Crippen MR) is 101 cm³/mol. The molecule has 0 bridgehead atoms. The van der Waals surface area contributed by atoms with Gasteiger partial charge in [0.15, 0.2) is 0 Å². The first-order chi connectivity index (χ1) is 12.3. The average molecular weight is 365 g/mol. The second-order valence-electron chi connectivity index (χ2n) is 6.28. The van der Waals surface area contributed by atoms with Crippen molar-refractivity contribution >= 4 is 22.7 Å².